The first kappa shape index (κ1) is 12.4. The van der Waals surface area contributed by atoms with Gasteiger partial charge < -0.3 is 10.0 Å². The topological polar surface area (TPSA) is 60.9 Å². The van der Waals surface area contributed by atoms with Gasteiger partial charge in [-0.25, -0.2) is 0 Å². The normalized spacial score (nSPS) is 27.4. The summed E-state index contributed by atoms with van der Waals surface area (Å²) in [7, 11) is 0. The molecule has 17 heavy (non-hydrogen) atoms. The molecule has 1 amide bonds. The lowest BCUT2D eigenvalue weighted by Gasteiger charge is -2.36. The van der Waals surface area contributed by atoms with Crippen LogP contribution in [0.15, 0.2) is 0 Å². The molecule has 2 rings (SSSR count). The van der Waals surface area contributed by atoms with Crippen LogP contribution < -0.4 is 0 Å². The first-order valence-corrected chi connectivity index (χ1v) is 6.30. The standard InChI is InChI=1S/C12H20N2O3/c1-9(15)13-6-3-11(4-7-13)14-5-2-10(8-14)12(16)17/h10-11H,2-8H2,1H3,(H,16,17). The molecule has 0 aromatic carbocycles. The summed E-state index contributed by atoms with van der Waals surface area (Å²) in [5, 5.41) is 8.96. The van der Waals surface area contributed by atoms with E-state index >= 15 is 0 Å². The second-order valence-electron chi connectivity index (χ2n) is 5.06. The maximum absolute atomic E-state index is 11.2. The Morgan fingerprint density at radius 3 is 2.24 bits per heavy atom. The molecule has 0 radical (unpaired) electrons. The zero-order chi connectivity index (χ0) is 12.4. The van der Waals surface area contributed by atoms with E-state index in [1.165, 1.54) is 0 Å². The van der Waals surface area contributed by atoms with Crippen molar-refractivity contribution in [3.8, 4) is 0 Å². The monoisotopic (exact) mass is 240 g/mol. The van der Waals surface area contributed by atoms with Crippen LogP contribution in [-0.4, -0.2) is 59.0 Å². The molecule has 2 heterocycles. The van der Waals surface area contributed by atoms with E-state index in [9.17, 15) is 9.59 Å². The Morgan fingerprint density at radius 2 is 1.76 bits per heavy atom. The molecule has 2 fully saturated rings. The molecule has 5 nitrogen and oxygen atoms in total. The second kappa shape index (κ2) is 5.04. The molecule has 0 spiro atoms. The summed E-state index contributed by atoms with van der Waals surface area (Å²) < 4.78 is 0. The van der Waals surface area contributed by atoms with Gasteiger partial charge in [0, 0.05) is 32.6 Å². The molecule has 0 aromatic heterocycles. The molecule has 2 aliphatic heterocycles. The maximum atomic E-state index is 11.2. The third kappa shape index (κ3) is 2.77. The number of rotatable bonds is 2. The summed E-state index contributed by atoms with van der Waals surface area (Å²) >= 11 is 0. The SMILES string of the molecule is CC(=O)N1CCC(N2CCC(C(=O)O)C2)CC1. The van der Waals surface area contributed by atoms with Crippen LogP contribution in [0.5, 0.6) is 0 Å². The number of likely N-dealkylation sites (tertiary alicyclic amines) is 2. The van der Waals surface area contributed by atoms with Crippen LogP contribution in [-0.2, 0) is 9.59 Å². The van der Waals surface area contributed by atoms with Crippen molar-refractivity contribution in [1.29, 1.82) is 0 Å². The number of piperidine rings is 1. The van der Waals surface area contributed by atoms with E-state index in [1.807, 2.05) is 4.90 Å². The fraction of sp³-hybridized carbons (Fsp3) is 0.833. The number of nitrogens with zero attached hydrogens (tertiary/aromatic N) is 2. The van der Waals surface area contributed by atoms with E-state index < -0.39 is 5.97 Å². The lowest BCUT2D eigenvalue weighted by molar-refractivity contribution is -0.141. The lowest BCUT2D eigenvalue weighted by Crippen LogP contribution is -2.45. The minimum absolute atomic E-state index is 0.147. The molecular weight excluding hydrogens is 220 g/mol. The van der Waals surface area contributed by atoms with Crippen LogP contribution >= 0.6 is 0 Å². The number of carboxylic acid groups (broad SMARTS) is 1. The summed E-state index contributed by atoms with van der Waals surface area (Å²) in [5.74, 6) is -0.720. The van der Waals surface area contributed by atoms with E-state index in [1.54, 1.807) is 6.92 Å². The van der Waals surface area contributed by atoms with Gasteiger partial charge in [-0.2, -0.15) is 0 Å². The van der Waals surface area contributed by atoms with Crippen LogP contribution in [0.25, 0.3) is 0 Å². The fourth-order valence-corrected chi connectivity index (χ4v) is 2.87. The predicted octanol–water partition coefficient (Wildman–Crippen LogP) is 0.404. The average molecular weight is 240 g/mol. The van der Waals surface area contributed by atoms with E-state index in [-0.39, 0.29) is 11.8 Å². The van der Waals surface area contributed by atoms with Gasteiger partial charge in [-0.3, -0.25) is 14.5 Å². The van der Waals surface area contributed by atoms with Gasteiger partial charge in [-0.15, -0.1) is 0 Å². The number of hydrogen-bond acceptors (Lipinski definition) is 3. The van der Waals surface area contributed by atoms with Crippen LogP contribution in [0.4, 0.5) is 0 Å². The summed E-state index contributed by atoms with van der Waals surface area (Å²) in [5.41, 5.74) is 0. The molecule has 0 saturated carbocycles. The van der Waals surface area contributed by atoms with E-state index in [4.69, 9.17) is 5.11 Å². The Bertz CT molecular complexity index is 311. The molecule has 0 aliphatic carbocycles. The van der Waals surface area contributed by atoms with Gasteiger partial charge in [0.25, 0.3) is 0 Å². The van der Waals surface area contributed by atoms with Gasteiger partial charge in [-0.1, -0.05) is 0 Å². The highest BCUT2D eigenvalue weighted by Gasteiger charge is 2.33. The average Bonchev–Trinajstić information content (AvgIpc) is 2.78. The number of hydrogen-bond donors (Lipinski definition) is 1. The molecule has 1 N–H and O–H groups in total. The quantitative estimate of drug-likeness (QED) is 0.759. The van der Waals surface area contributed by atoms with Crippen molar-refractivity contribution in [2.24, 2.45) is 5.92 Å². The number of carboxylic acids is 1. The van der Waals surface area contributed by atoms with Crippen LogP contribution in [0.2, 0.25) is 0 Å². The molecule has 1 unspecified atom stereocenters. The van der Waals surface area contributed by atoms with E-state index in [0.717, 1.165) is 38.9 Å². The Labute approximate surface area is 101 Å². The highest BCUT2D eigenvalue weighted by atomic mass is 16.4. The summed E-state index contributed by atoms with van der Waals surface area (Å²) in [6, 6.07) is 0.468. The molecule has 2 saturated heterocycles. The van der Waals surface area contributed by atoms with Crippen molar-refractivity contribution in [3.05, 3.63) is 0 Å². The highest BCUT2D eigenvalue weighted by molar-refractivity contribution is 5.73. The summed E-state index contributed by atoms with van der Waals surface area (Å²) in [6.07, 6.45) is 2.72. The molecule has 0 aromatic rings. The van der Waals surface area contributed by atoms with Gasteiger partial charge in [0.1, 0.15) is 0 Å². The minimum atomic E-state index is -0.673. The molecule has 2 aliphatic rings. The maximum Gasteiger partial charge on any atom is 0.307 e. The first-order chi connectivity index (χ1) is 8.08. The van der Waals surface area contributed by atoms with Crippen molar-refractivity contribution in [2.45, 2.75) is 32.2 Å². The Morgan fingerprint density at radius 1 is 1.12 bits per heavy atom. The first-order valence-electron chi connectivity index (χ1n) is 6.30. The Balaban J connectivity index is 1.82. The largest absolute Gasteiger partial charge is 0.481 e. The third-order valence-electron chi connectivity index (χ3n) is 4.00. The van der Waals surface area contributed by atoms with E-state index in [2.05, 4.69) is 4.90 Å². The lowest BCUT2D eigenvalue weighted by atomic mass is 10.0. The number of carbonyl (C=O) groups excluding carboxylic acids is 1. The van der Waals surface area contributed by atoms with Crippen molar-refractivity contribution < 1.29 is 14.7 Å². The Kier molecular flexibility index (Phi) is 3.66. The smallest absolute Gasteiger partial charge is 0.307 e. The fourth-order valence-electron chi connectivity index (χ4n) is 2.87. The van der Waals surface area contributed by atoms with Gasteiger partial charge in [0.05, 0.1) is 5.92 Å². The van der Waals surface area contributed by atoms with E-state index in [0.29, 0.717) is 12.6 Å². The third-order valence-corrected chi connectivity index (χ3v) is 4.00. The van der Waals surface area contributed by atoms with Gasteiger partial charge in [-0.05, 0) is 25.8 Å². The Hall–Kier alpha value is -1.10. The molecule has 5 heteroatoms. The number of aliphatic carboxylic acids is 1. The molecule has 0 bridgehead atoms. The minimum Gasteiger partial charge on any atom is -0.481 e. The van der Waals surface area contributed by atoms with Crippen LogP contribution in [0.1, 0.15) is 26.2 Å². The van der Waals surface area contributed by atoms with Gasteiger partial charge >= 0.3 is 5.97 Å². The van der Waals surface area contributed by atoms with Gasteiger partial charge in [0.15, 0.2) is 0 Å². The predicted molar refractivity (Wildman–Crippen MR) is 62.6 cm³/mol. The zero-order valence-electron chi connectivity index (χ0n) is 10.3. The molecule has 1 atom stereocenters. The zero-order valence-corrected chi connectivity index (χ0v) is 10.3. The molecule has 96 valence electrons. The van der Waals surface area contributed by atoms with Crippen LogP contribution in [0.3, 0.4) is 0 Å². The van der Waals surface area contributed by atoms with Crippen molar-refractivity contribution in [3.63, 3.8) is 0 Å². The second-order valence-corrected chi connectivity index (χ2v) is 5.06. The summed E-state index contributed by atoms with van der Waals surface area (Å²) in [4.78, 5) is 26.3. The molecular formula is C12H20N2O3. The summed E-state index contributed by atoms with van der Waals surface area (Å²) in [6.45, 7) is 4.81. The van der Waals surface area contributed by atoms with Crippen molar-refractivity contribution in [1.82, 2.24) is 9.80 Å². The van der Waals surface area contributed by atoms with Gasteiger partial charge in [0.2, 0.25) is 5.91 Å². The van der Waals surface area contributed by atoms with Crippen molar-refractivity contribution in [2.75, 3.05) is 26.2 Å². The number of amides is 1. The number of carbonyl (C=O) groups is 2. The van der Waals surface area contributed by atoms with Crippen LogP contribution in [0, 0.1) is 5.92 Å². The van der Waals surface area contributed by atoms with Crippen molar-refractivity contribution >= 4 is 11.9 Å². The highest BCUT2D eigenvalue weighted by Crippen LogP contribution is 2.24.